The zero-order valence-corrected chi connectivity index (χ0v) is 12.8. The van der Waals surface area contributed by atoms with Gasteiger partial charge < -0.3 is 4.74 Å². The quantitative estimate of drug-likeness (QED) is 0.870. The summed E-state index contributed by atoms with van der Waals surface area (Å²) in [5.74, 6) is -0.394. The fraction of sp³-hybridized carbons (Fsp3) is 0.0833. The van der Waals surface area contributed by atoms with Crippen LogP contribution in [0.3, 0.4) is 0 Å². The summed E-state index contributed by atoms with van der Waals surface area (Å²) < 4.78 is 27.9. The molecule has 0 amide bonds. The van der Waals surface area contributed by atoms with E-state index in [-0.39, 0.29) is 4.21 Å². The van der Waals surface area contributed by atoms with E-state index in [2.05, 4.69) is 4.74 Å². The second-order valence-corrected chi connectivity index (χ2v) is 7.98. The van der Waals surface area contributed by atoms with E-state index in [9.17, 15) is 13.2 Å². The normalized spacial score (nSPS) is 11.3. The van der Waals surface area contributed by atoms with Crippen LogP contribution in [0.5, 0.6) is 0 Å². The first-order valence-corrected chi connectivity index (χ1v) is 8.57. The van der Waals surface area contributed by atoms with Crippen LogP contribution in [0.25, 0.3) is 0 Å². The largest absolute Gasteiger partial charge is 0.465 e. The Morgan fingerprint density at radius 2 is 1.85 bits per heavy atom. The van der Waals surface area contributed by atoms with Crippen molar-refractivity contribution in [1.29, 1.82) is 0 Å². The number of hydrogen-bond donors (Lipinski definition) is 1. The molecule has 0 saturated carbocycles. The fourth-order valence-corrected chi connectivity index (χ4v) is 4.39. The first kappa shape index (κ1) is 15.0. The van der Waals surface area contributed by atoms with Crippen molar-refractivity contribution in [1.82, 2.24) is 0 Å². The predicted octanol–water partition coefficient (Wildman–Crippen LogP) is 2.33. The number of methoxy groups -OCH3 is 1. The number of carbonyl (C=O) groups is 1. The zero-order chi connectivity index (χ0) is 14.8. The van der Waals surface area contributed by atoms with Crippen molar-refractivity contribution in [3.05, 3.63) is 42.0 Å². The predicted molar refractivity (Wildman–Crippen MR) is 77.6 cm³/mol. The molecule has 8 heteroatoms. The number of ether oxygens (including phenoxy) is 1. The zero-order valence-electron chi connectivity index (χ0n) is 10.4. The van der Waals surface area contributed by atoms with E-state index in [1.807, 2.05) is 0 Å². The van der Waals surface area contributed by atoms with E-state index < -0.39 is 16.0 Å². The SMILES string of the molecule is COC(=O)c1ccc(Sc2ccc(S(N)(=O)=O)s2)cc1. The number of thiophene rings is 1. The molecule has 0 unspecified atom stereocenters. The summed E-state index contributed by atoms with van der Waals surface area (Å²) in [5.41, 5.74) is 0.466. The molecule has 1 aromatic heterocycles. The number of nitrogens with two attached hydrogens (primary N) is 1. The highest BCUT2D eigenvalue weighted by Gasteiger charge is 2.12. The summed E-state index contributed by atoms with van der Waals surface area (Å²) >= 11 is 2.51. The van der Waals surface area contributed by atoms with Gasteiger partial charge in [0.05, 0.1) is 16.9 Å². The Labute approximate surface area is 124 Å². The molecule has 2 N–H and O–H groups in total. The third kappa shape index (κ3) is 3.60. The molecule has 2 aromatic rings. The summed E-state index contributed by atoms with van der Waals surface area (Å²) in [6, 6.07) is 10.0. The molecule has 0 fully saturated rings. The Kier molecular flexibility index (Phi) is 4.48. The van der Waals surface area contributed by atoms with E-state index in [1.165, 1.54) is 24.9 Å². The topological polar surface area (TPSA) is 86.5 Å². The van der Waals surface area contributed by atoms with Gasteiger partial charge in [-0.3, -0.25) is 0 Å². The van der Waals surface area contributed by atoms with Gasteiger partial charge in [0.25, 0.3) is 0 Å². The van der Waals surface area contributed by atoms with Crippen LogP contribution in [0.15, 0.2) is 49.7 Å². The Morgan fingerprint density at radius 3 is 2.35 bits per heavy atom. The van der Waals surface area contributed by atoms with Crippen LogP contribution in [0.1, 0.15) is 10.4 Å². The van der Waals surface area contributed by atoms with Gasteiger partial charge in [-0.25, -0.2) is 18.4 Å². The van der Waals surface area contributed by atoms with E-state index >= 15 is 0 Å². The van der Waals surface area contributed by atoms with E-state index in [0.29, 0.717) is 5.56 Å². The lowest BCUT2D eigenvalue weighted by molar-refractivity contribution is 0.0600. The number of carbonyl (C=O) groups excluding carboxylic acids is 1. The number of rotatable bonds is 4. The van der Waals surface area contributed by atoms with Gasteiger partial charge in [0.15, 0.2) is 0 Å². The van der Waals surface area contributed by atoms with E-state index in [0.717, 1.165) is 20.4 Å². The lowest BCUT2D eigenvalue weighted by atomic mass is 10.2. The van der Waals surface area contributed by atoms with Crippen LogP contribution < -0.4 is 5.14 Å². The van der Waals surface area contributed by atoms with Gasteiger partial charge >= 0.3 is 5.97 Å². The highest BCUT2D eigenvalue weighted by molar-refractivity contribution is 8.01. The summed E-state index contributed by atoms with van der Waals surface area (Å²) in [6.07, 6.45) is 0. The maximum Gasteiger partial charge on any atom is 0.337 e. The third-order valence-electron chi connectivity index (χ3n) is 2.33. The molecule has 5 nitrogen and oxygen atoms in total. The average Bonchev–Trinajstić information content (AvgIpc) is 2.87. The molecule has 0 aliphatic heterocycles. The third-order valence-corrected chi connectivity index (χ3v) is 5.99. The molecular formula is C12H11NO4S3. The van der Waals surface area contributed by atoms with Crippen LogP contribution in [0.2, 0.25) is 0 Å². The van der Waals surface area contributed by atoms with Gasteiger partial charge in [0.1, 0.15) is 4.21 Å². The van der Waals surface area contributed by atoms with Crippen LogP contribution in [-0.4, -0.2) is 21.5 Å². The highest BCUT2D eigenvalue weighted by Crippen LogP contribution is 2.34. The summed E-state index contributed by atoms with van der Waals surface area (Å²) in [6.45, 7) is 0. The van der Waals surface area contributed by atoms with Crippen LogP contribution in [0, 0.1) is 0 Å². The number of benzene rings is 1. The van der Waals surface area contributed by atoms with Gasteiger partial charge in [-0.2, -0.15) is 0 Å². The Morgan fingerprint density at radius 1 is 1.20 bits per heavy atom. The van der Waals surface area contributed by atoms with Crippen LogP contribution in [0.4, 0.5) is 0 Å². The molecule has 0 aliphatic rings. The molecule has 0 atom stereocenters. The first-order chi connectivity index (χ1) is 9.40. The van der Waals surface area contributed by atoms with Crippen molar-refractivity contribution in [2.24, 2.45) is 5.14 Å². The highest BCUT2D eigenvalue weighted by atomic mass is 32.3. The Hall–Kier alpha value is -1.35. The second-order valence-electron chi connectivity index (χ2n) is 3.74. The van der Waals surface area contributed by atoms with Crippen LogP contribution >= 0.6 is 23.1 Å². The van der Waals surface area contributed by atoms with Gasteiger partial charge in [0, 0.05) is 4.90 Å². The van der Waals surface area contributed by atoms with Crippen molar-refractivity contribution in [2.75, 3.05) is 7.11 Å². The monoisotopic (exact) mass is 329 g/mol. The van der Waals surface area contributed by atoms with Gasteiger partial charge in [-0.15, -0.1) is 11.3 Å². The van der Waals surface area contributed by atoms with E-state index in [4.69, 9.17) is 5.14 Å². The van der Waals surface area contributed by atoms with Crippen molar-refractivity contribution in [2.45, 2.75) is 13.3 Å². The average molecular weight is 329 g/mol. The molecule has 0 radical (unpaired) electrons. The standard InChI is InChI=1S/C12H11NO4S3/c1-17-12(14)8-2-4-9(5-3-8)18-10-6-7-11(19-10)20(13,15)16/h2-7H,1H3,(H2,13,15,16). The smallest absolute Gasteiger partial charge is 0.337 e. The Balaban J connectivity index is 2.14. The van der Waals surface area contributed by atoms with Crippen molar-refractivity contribution in [3.63, 3.8) is 0 Å². The molecule has 1 aromatic carbocycles. The first-order valence-electron chi connectivity index (χ1n) is 5.39. The van der Waals surface area contributed by atoms with Crippen molar-refractivity contribution in [3.8, 4) is 0 Å². The summed E-state index contributed by atoms with van der Waals surface area (Å²) in [7, 11) is -2.33. The Bertz CT molecular complexity index is 719. The molecule has 1 heterocycles. The lowest BCUT2D eigenvalue weighted by Crippen LogP contribution is -2.09. The lowest BCUT2D eigenvalue weighted by Gasteiger charge is -2.01. The molecule has 0 bridgehead atoms. The maximum atomic E-state index is 11.3. The minimum atomic E-state index is -3.65. The second kappa shape index (κ2) is 5.96. The summed E-state index contributed by atoms with van der Waals surface area (Å²) in [4.78, 5) is 12.2. The van der Waals surface area contributed by atoms with Gasteiger partial charge in [-0.05, 0) is 36.4 Å². The summed E-state index contributed by atoms with van der Waals surface area (Å²) in [5, 5.41) is 5.05. The molecule has 0 saturated heterocycles. The molecule has 20 heavy (non-hydrogen) atoms. The van der Waals surface area contributed by atoms with E-state index in [1.54, 1.807) is 30.3 Å². The maximum absolute atomic E-state index is 11.3. The number of primary sulfonamides is 1. The van der Waals surface area contributed by atoms with Crippen molar-refractivity contribution >= 4 is 39.1 Å². The molecule has 0 aliphatic carbocycles. The molecule has 0 spiro atoms. The number of sulfonamides is 1. The van der Waals surface area contributed by atoms with Crippen LogP contribution in [-0.2, 0) is 14.8 Å². The number of hydrogen-bond acceptors (Lipinski definition) is 6. The minimum Gasteiger partial charge on any atom is -0.465 e. The van der Waals surface area contributed by atoms with Gasteiger partial charge in [0.2, 0.25) is 10.0 Å². The van der Waals surface area contributed by atoms with Crippen molar-refractivity contribution < 1.29 is 17.9 Å². The molecular weight excluding hydrogens is 318 g/mol. The van der Waals surface area contributed by atoms with Gasteiger partial charge in [-0.1, -0.05) is 11.8 Å². The molecule has 106 valence electrons. The molecule has 2 rings (SSSR count). The number of esters is 1. The minimum absolute atomic E-state index is 0.131. The fourth-order valence-electron chi connectivity index (χ4n) is 1.40.